The number of rotatable bonds is 4. The molecule has 0 aliphatic carbocycles. The average Bonchev–Trinajstić information content (AvgIpc) is 2.41. The van der Waals surface area contributed by atoms with E-state index in [-0.39, 0.29) is 11.4 Å². The lowest BCUT2D eigenvalue weighted by molar-refractivity contribution is 0.417. The van der Waals surface area contributed by atoms with Gasteiger partial charge in [0.2, 0.25) is 0 Å². The van der Waals surface area contributed by atoms with E-state index in [4.69, 9.17) is 16.3 Å². The van der Waals surface area contributed by atoms with Crippen LogP contribution in [0.3, 0.4) is 0 Å². The number of aryl methyl sites for hydroxylation is 1. The van der Waals surface area contributed by atoms with E-state index in [9.17, 15) is 17.2 Å². The fraction of sp³-hybridized carbons (Fsp3) is 0.143. The molecule has 0 spiro atoms. The molecule has 1 N–H and O–H groups in total. The van der Waals surface area contributed by atoms with Crippen LogP contribution in [0.5, 0.6) is 5.75 Å². The standard InChI is InChI=1S/C14H12ClF2NO3S/c1-8-5-12(13(21-2)7-10(8)15)18-22(19,20)14-4-3-9(16)6-11(14)17/h3-7,18H,1-2H3. The summed E-state index contributed by atoms with van der Waals surface area (Å²) in [6.45, 7) is 1.68. The molecule has 22 heavy (non-hydrogen) atoms. The maximum atomic E-state index is 13.7. The van der Waals surface area contributed by atoms with Gasteiger partial charge in [-0.1, -0.05) is 11.6 Å². The lowest BCUT2D eigenvalue weighted by Gasteiger charge is -2.14. The Hall–Kier alpha value is -1.86. The number of ether oxygens (including phenoxy) is 1. The van der Waals surface area contributed by atoms with Gasteiger partial charge in [0, 0.05) is 17.2 Å². The summed E-state index contributed by atoms with van der Waals surface area (Å²) in [6.07, 6.45) is 0. The van der Waals surface area contributed by atoms with E-state index in [2.05, 4.69) is 4.72 Å². The molecule has 8 heteroatoms. The van der Waals surface area contributed by atoms with E-state index >= 15 is 0 Å². The molecule has 0 fully saturated rings. The Kier molecular flexibility index (Phi) is 4.58. The van der Waals surface area contributed by atoms with Crippen molar-refractivity contribution in [1.29, 1.82) is 0 Å². The molecular weight excluding hydrogens is 336 g/mol. The molecule has 0 unspecified atom stereocenters. The minimum Gasteiger partial charge on any atom is -0.495 e. The van der Waals surface area contributed by atoms with E-state index < -0.39 is 26.6 Å². The molecule has 0 saturated heterocycles. The van der Waals surface area contributed by atoms with Gasteiger partial charge in [0.1, 0.15) is 22.3 Å². The van der Waals surface area contributed by atoms with Crippen molar-refractivity contribution >= 4 is 27.3 Å². The number of halogens is 3. The molecule has 0 amide bonds. The summed E-state index contributed by atoms with van der Waals surface area (Å²) in [5.74, 6) is -1.87. The summed E-state index contributed by atoms with van der Waals surface area (Å²) < 4.78 is 58.3. The van der Waals surface area contributed by atoms with Gasteiger partial charge in [0.25, 0.3) is 10.0 Å². The first kappa shape index (κ1) is 16.5. The zero-order chi connectivity index (χ0) is 16.5. The highest BCUT2D eigenvalue weighted by atomic mass is 35.5. The second-order valence-electron chi connectivity index (χ2n) is 4.48. The second-order valence-corrected chi connectivity index (χ2v) is 6.54. The molecule has 0 atom stereocenters. The first-order chi connectivity index (χ1) is 10.2. The number of benzene rings is 2. The molecule has 4 nitrogen and oxygen atoms in total. The molecule has 0 bridgehead atoms. The topological polar surface area (TPSA) is 55.4 Å². The Morgan fingerprint density at radius 2 is 1.86 bits per heavy atom. The number of anilines is 1. The SMILES string of the molecule is COc1cc(Cl)c(C)cc1NS(=O)(=O)c1ccc(F)cc1F. The zero-order valence-corrected chi connectivity index (χ0v) is 13.2. The zero-order valence-electron chi connectivity index (χ0n) is 11.7. The van der Waals surface area contributed by atoms with Crippen molar-refractivity contribution in [2.24, 2.45) is 0 Å². The monoisotopic (exact) mass is 347 g/mol. The van der Waals surface area contributed by atoms with Crippen molar-refractivity contribution in [2.45, 2.75) is 11.8 Å². The summed E-state index contributed by atoms with van der Waals surface area (Å²) in [6, 6.07) is 5.11. The number of hydrogen-bond acceptors (Lipinski definition) is 3. The van der Waals surface area contributed by atoms with E-state index in [1.54, 1.807) is 6.92 Å². The Labute approximate surface area is 131 Å². The summed E-state index contributed by atoms with van der Waals surface area (Å²) >= 11 is 5.94. The minimum absolute atomic E-state index is 0.105. The van der Waals surface area contributed by atoms with Gasteiger partial charge in [-0.05, 0) is 30.7 Å². The molecule has 2 rings (SSSR count). The van der Waals surface area contributed by atoms with Crippen molar-refractivity contribution in [3.63, 3.8) is 0 Å². The van der Waals surface area contributed by atoms with E-state index in [0.29, 0.717) is 16.7 Å². The van der Waals surface area contributed by atoms with Gasteiger partial charge in [-0.3, -0.25) is 4.72 Å². The van der Waals surface area contributed by atoms with Crippen LogP contribution in [0.15, 0.2) is 35.2 Å². The molecule has 0 aliphatic heterocycles. The average molecular weight is 348 g/mol. The molecule has 0 heterocycles. The van der Waals surface area contributed by atoms with Crippen molar-refractivity contribution in [3.05, 3.63) is 52.6 Å². The second kappa shape index (κ2) is 6.10. The van der Waals surface area contributed by atoms with Crippen LogP contribution in [0, 0.1) is 18.6 Å². The molecule has 0 saturated carbocycles. The number of sulfonamides is 1. The highest BCUT2D eigenvalue weighted by molar-refractivity contribution is 7.92. The fourth-order valence-electron chi connectivity index (χ4n) is 1.80. The van der Waals surface area contributed by atoms with Crippen LogP contribution in [0.25, 0.3) is 0 Å². The normalized spacial score (nSPS) is 11.3. The summed E-state index contributed by atoms with van der Waals surface area (Å²) in [4.78, 5) is -0.663. The quantitative estimate of drug-likeness (QED) is 0.916. The Morgan fingerprint density at radius 3 is 2.45 bits per heavy atom. The van der Waals surface area contributed by atoms with E-state index in [1.807, 2.05) is 0 Å². The van der Waals surface area contributed by atoms with Crippen molar-refractivity contribution in [2.75, 3.05) is 11.8 Å². The Morgan fingerprint density at radius 1 is 1.18 bits per heavy atom. The van der Waals surface area contributed by atoms with Crippen LogP contribution in [0.1, 0.15) is 5.56 Å². The van der Waals surface area contributed by atoms with Crippen LogP contribution in [0.2, 0.25) is 5.02 Å². The van der Waals surface area contributed by atoms with Gasteiger partial charge >= 0.3 is 0 Å². The summed E-state index contributed by atoms with van der Waals surface area (Å²) in [5.41, 5.74) is 0.716. The van der Waals surface area contributed by atoms with Crippen LogP contribution < -0.4 is 9.46 Å². The minimum atomic E-state index is -4.24. The molecule has 2 aromatic rings. The summed E-state index contributed by atoms with van der Waals surface area (Å²) in [7, 11) is -2.89. The first-order valence-electron chi connectivity index (χ1n) is 6.06. The Balaban J connectivity index is 2.47. The third kappa shape index (κ3) is 3.31. The molecule has 0 aromatic heterocycles. The van der Waals surface area contributed by atoms with Gasteiger partial charge in [-0.15, -0.1) is 0 Å². The number of methoxy groups -OCH3 is 1. The maximum Gasteiger partial charge on any atom is 0.264 e. The largest absolute Gasteiger partial charge is 0.495 e. The predicted octanol–water partition coefficient (Wildman–Crippen LogP) is 3.74. The number of nitrogens with one attached hydrogen (secondary N) is 1. The molecule has 0 aliphatic rings. The van der Waals surface area contributed by atoms with E-state index in [1.165, 1.54) is 19.2 Å². The van der Waals surface area contributed by atoms with Gasteiger partial charge in [-0.25, -0.2) is 17.2 Å². The van der Waals surface area contributed by atoms with Crippen LogP contribution in [-0.4, -0.2) is 15.5 Å². The maximum absolute atomic E-state index is 13.7. The molecular formula is C14H12ClF2NO3S. The third-order valence-electron chi connectivity index (χ3n) is 2.91. The lowest BCUT2D eigenvalue weighted by Crippen LogP contribution is -2.15. The van der Waals surface area contributed by atoms with Gasteiger partial charge < -0.3 is 4.74 Å². The Bertz CT molecular complexity index is 825. The highest BCUT2D eigenvalue weighted by Gasteiger charge is 2.21. The fourth-order valence-corrected chi connectivity index (χ4v) is 3.08. The van der Waals surface area contributed by atoms with Crippen molar-refractivity contribution in [3.8, 4) is 5.75 Å². The predicted molar refractivity (Wildman–Crippen MR) is 79.9 cm³/mol. The molecule has 118 valence electrons. The third-order valence-corrected chi connectivity index (χ3v) is 4.71. The summed E-state index contributed by atoms with van der Waals surface area (Å²) in [5, 5.41) is 0.396. The van der Waals surface area contributed by atoms with Crippen molar-refractivity contribution < 1.29 is 21.9 Å². The molecule has 0 radical (unpaired) electrons. The van der Waals surface area contributed by atoms with Crippen LogP contribution in [-0.2, 0) is 10.0 Å². The van der Waals surface area contributed by atoms with Gasteiger partial charge in [-0.2, -0.15) is 0 Å². The van der Waals surface area contributed by atoms with Crippen LogP contribution >= 0.6 is 11.6 Å². The first-order valence-corrected chi connectivity index (χ1v) is 7.92. The number of hydrogen-bond donors (Lipinski definition) is 1. The van der Waals surface area contributed by atoms with Gasteiger partial charge in [0.15, 0.2) is 0 Å². The van der Waals surface area contributed by atoms with Crippen LogP contribution in [0.4, 0.5) is 14.5 Å². The molecule has 2 aromatic carbocycles. The highest BCUT2D eigenvalue weighted by Crippen LogP contribution is 2.32. The smallest absolute Gasteiger partial charge is 0.264 e. The van der Waals surface area contributed by atoms with E-state index in [0.717, 1.165) is 12.1 Å². The van der Waals surface area contributed by atoms with Crippen molar-refractivity contribution in [1.82, 2.24) is 0 Å². The lowest BCUT2D eigenvalue weighted by atomic mass is 10.2. The van der Waals surface area contributed by atoms with Gasteiger partial charge in [0.05, 0.1) is 12.8 Å².